The zero-order chi connectivity index (χ0) is 29.1. The maximum Gasteiger partial charge on any atom is 0.0693 e. The Hall–Kier alpha value is -2.33. The molecular formula is C37H59N. The fourth-order valence-corrected chi connectivity index (χ4v) is 4.29. The third kappa shape index (κ3) is 18.0. The van der Waals surface area contributed by atoms with Gasteiger partial charge in [-0.3, -0.25) is 0 Å². The van der Waals surface area contributed by atoms with E-state index in [-0.39, 0.29) is 5.41 Å². The third-order valence-corrected chi connectivity index (χ3v) is 7.32. The summed E-state index contributed by atoms with van der Waals surface area (Å²) in [6.07, 6.45) is 25.1. The topological polar surface area (TPSA) is 23.8 Å². The second-order valence-electron chi connectivity index (χ2n) is 12.2. The van der Waals surface area contributed by atoms with E-state index in [0.29, 0.717) is 5.92 Å². The number of rotatable bonds is 11. The lowest BCUT2D eigenvalue weighted by molar-refractivity contribution is 0.295. The minimum Gasteiger partial charge on any atom is -0.198 e. The second-order valence-corrected chi connectivity index (χ2v) is 12.2. The summed E-state index contributed by atoms with van der Waals surface area (Å²) in [7, 11) is 0. The second kappa shape index (κ2) is 19.7. The van der Waals surface area contributed by atoms with E-state index in [4.69, 9.17) is 5.26 Å². The van der Waals surface area contributed by atoms with E-state index >= 15 is 0 Å². The molecule has 0 heterocycles. The van der Waals surface area contributed by atoms with E-state index in [1.54, 1.807) is 0 Å². The van der Waals surface area contributed by atoms with Gasteiger partial charge in [0, 0.05) is 0 Å². The number of nitriles is 1. The van der Waals surface area contributed by atoms with Gasteiger partial charge in [0.15, 0.2) is 0 Å². The van der Waals surface area contributed by atoms with E-state index in [1.165, 1.54) is 59.1 Å². The van der Waals surface area contributed by atoms with E-state index < -0.39 is 0 Å². The lowest BCUT2D eigenvalue weighted by Gasteiger charge is -2.32. The van der Waals surface area contributed by atoms with Crippen LogP contribution in [-0.2, 0) is 0 Å². The molecule has 0 spiro atoms. The zero-order valence-electron chi connectivity index (χ0n) is 26.6. The highest BCUT2D eigenvalue weighted by atomic mass is 14.4. The van der Waals surface area contributed by atoms with Gasteiger partial charge < -0.3 is 0 Å². The van der Waals surface area contributed by atoms with Gasteiger partial charge in [-0.05, 0) is 131 Å². The van der Waals surface area contributed by atoms with E-state index in [9.17, 15) is 0 Å². The van der Waals surface area contributed by atoms with Crippen molar-refractivity contribution in [2.45, 2.75) is 127 Å². The minimum absolute atomic E-state index is 0.139. The van der Waals surface area contributed by atoms with Crippen LogP contribution in [0.1, 0.15) is 127 Å². The van der Waals surface area contributed by atoms with Crippen molar-refractivity contribution in [1.82, 2.24) is 0 Å². The monoisotopic (exact) mass is 517 g/mol. The van der Waals surface area contributed by atoms with Gasteiger partial charge in [0.05, 0.1) is 11.5 Å². The van der Waals surface area contributed by atoms with Gasteiger partial charge in [0.1, 0.15) is 0 Å². The van der Waals surface area contributed by atoms with E-state index in [2.05, 4.69) is 105 Å². The summed E-state index contributed by atoms with van der Waals surface area (Å²) in [6.45, 7) is 27.1. The molecule has 0 bridgehead atoms. The van der Waals surface area contributed by atoms with Gasteiger partial charge in [0.2, 0.25) is 0 Å². The molecule has 0 aromatic carbocycles. The molecule has 2 aliphatic carbocycles. The number of hydrogen-bond donors (Lipinski definition) is 0. The molecule has 0 saturated heterocycles. The van der Waals surface area contributed by atoms with Gasteiger partial charge in [-0.25, -0.2) is 0 Å². The first-order chi connectivity index (χ1) is 17.8. The zero-order valence-corrected chi connectivity index (χ0v) is 26.6. The van der Waals surface area contributed by atoms with Crippen LogP contribution in [0.3, 0.4) is 0 Å². The smallest absolute Gasteiger partial charge is 0.0693 e. The summed E-state index contributed by atoms with van der Waals surface area (Å²) in [5.41, 5.74) is 8.29. The van der Waals surface area contributed by atoms with Crippen LogP contribution in [-0.4, -0.2) is 0 Å². The quantitative estimate of drug-likeness (QED) is 0.197. The highest BCUT2D eigenvalue weighted by Gasteiger charge is 2.32. The summed E-state index contributed by atoms with van der Waals surface area (Å²) < 4.78 is 0. The molecule has 2 aliphatic rings. The lowest BCUT2D eigenvalue weighted by Crippen LogP contribution is -2.25. The molecule has 2 rings (SSSR count). The van der Waals surface area contributed by atoms with Crippen molar-refractivity contribution in [3.05, 3.63) is 83.1 Å². The van der Waals surface area contributed by atoms with Gasteiger partial charge in [-0.1, -0.05) is 90.0 Å². The van der Waals surface area contributed by atoms with Crippen LogP contribution < -0.4 is 0 Å². The maximum atomic E-state index is 9.17. The van der Waals surface area contributed by atoms with Crippen molar-refractivity contribution in [3.63, 3.8) is 0 Å². The predicted molar refractivity (Wildman–Crippen MR) is 172 cm³/mol. The Bertz CT molecular complexity index is 910. The van der Waals surface area contributed by atoms with Crippen LogP contribution in [0.5, 0.6) is 0 Å². The molecule has 1 nitrogen and oxygen atoms in total. The molecule has 0 aromatic heterocycles. The van der Waals surface area contributed by atoms with Crippen molar-refractivity contribution < 1.29 is 0 Å². The normalized spacial score (nSPS) is 19.9. The third-order valence-electron chi connectivity index (χ3n) is 7.32. The Labute approximate surface area is 237 Å². The molecular weight excluding hydrogens is 458 g/mol. The van der Waals surface area contributed by atoms with Crippen molar-refractivity contribution in [1.29, 1.82) is 5.26 Å². The van der Waals surface area contributed by atoms with Crippen LogP contribution in [0.25, 0.3) is 0 Å². The largest absolute Gasteiger partial charge is 0.198 e. The van der Waals surface area contributed by atoms with Crippen LogP contribution >= 0.6 is 0 Å². The summed E-state index contributed by atoms with van der Waals surface area (Å²) >= 11 is 0. The summed E-state index contributed by atoms with van der Waals surface area (Å²) in [5.74, 6) is 1.29. The predicted octanol–water partition coefficient (Wildman–Crippen LogP) is 12.2. The SMILES string of the molecule is C=C(/C=C/C)CCC=C(C)C.C=C(CCC=C(C)C)C1CC1.CC(C)=CCCC1=CC(C)C(C)(C#N)CC1. The fraction of sp³-hybridized carbons (Fsp3) is 0.595. The first-order valence-electron chi connectivity index (χ1n) is 14.8. The number of allylic oxidation sites excluding steroid dienone is 12. The highest BCUT2D eigenvalue weighted by Crippen LogP contribution is 2.40. The molecule has 1 fully saturated rings. The van der Waals surface area contributed by atoms with Crippen LogP contribution in [0, 0.1) is 28.6 Å². The standard InChI is InChI=1S/C15H23N.2C11H18/c1-12(2)6-5-7-14-8-9-15(4,11-16)13(3)10-14;1-9(2)5-4-6-10(3)11-7-8-11;1-5-7-11(4)9-6-8-10(2)3/h6,10,13H,5,7-9H2,1-4H3;5,11H,3-4,6-8H2,1-2H3;5,7-8H,4,6,9H2,1-3H3/b;;7-5+. The molecule has 38 heavy (non-hydrogen) atoms. The molecule has 0 radical (unpaired) electrons. The molecule has 0 aromatic rings. The average Bonchev–Trinajstić information content (AvgIpc) is 3.67. The van der Waals surface area contributed by atoms with Crippen molar-refractivity contribution in [3.8, 4) is 6.07 Å². The molecule has 0 amide bonds. The van der Waals surface area contributed by atoms with Crippen molar-refractivity contribution in [2.24, 2.45) is 17.3 Å². The molecule has 1 heteroatoms. The Morgan fingerprint density at radius 3 is 1.92 bits per heavy atom. The number of hydrogen-bond acceptors (Lipinski definition) is 1. The van der Waals surface area contributed by atoms with Crippen LogP contribution in [0.15, 0.2) is 83.1 Å². The van der Waals surface area contributed by atoms with Crippen LogP contribution in [0.4, 0.5) is 0 Å². The summed E-state index contributed by atoms with van der Waals surface area (Å²) in [4.78, 5) is 0. The van der Waals surface area contributed by atoms with Crippen molar-refractivity contribution in [2.75, 3.05) is 0 Å². The first-order valence-corrected chi connectivity index (χ1v) is 14.8. The van der Waals surface area contributed by atoms with E-state index in [1.807, 2.05) is 13.0 Å². The lowest BCUT2D eigenvalue weighted by atomic mass is 9.70. The Morgan fingerprint density at radius 1 is 0.947 bits per heavy atom. The van der Waals surface area contributed by atoms with Gasteiger partial charge in [0.25, 0.3) is 0 Å². The fourth-order valence-electron chi connectivity index (χ4n) is 4.29. The molecule has 212 valence electrons. The highest BCUT2D eigenvalue weighted by molar-refractivity contribution is 5.18. The average molecular weight is 518 g/mol. The van der Waals surface area contributed by atoms with Crippen molar-refractivity contribution >= 4 is 0 Å². The molecule has 0 N–H and O–H groups in total. The molecule has 1 saturated carbocycles. The van der Waals surface area contributed by atoms with Gasteiger partial charge in [-0.2, -0.15) is 5.26 Å². The summed E-state index contributed by atoms with van der Waals surface area (Å²) in [5, 5.41) is 9.17. The summed E-state index contributed by atoms with van der Waals surface area (Å²) in [6, 6.07) is 2.47. The maximum absolute atomic E-state index is 9.17. The Morgan fingerprint density at radius 2 is 1.47 bits per heavy atom. The Balaban J connectivity index is 0.000000557. The molecule has 2 unspecified atom stereocenters. The minimum atomic E-state index is -0.139. The van der Waals surface area contributed by atoms with Gasteiger partial charge >= 0.3 is 0 Å². The molecule has 0 aliphatic heterocycles. The first kappa shape index (κ1) is 35.7. The van der Waals surface area contributed by atoms with Gasteiger partial charge in [-0.15, -0.1) is 0 Å². The van der Waals surface area contributed by atoms with E-state index in [0.717, 1.165) is 44.4 Å². The number of nitrogens with zero attached hydrogens (tertiary/aromatic N) is 1. The Kier molecular flexibility index (Phi) is 18.5. The molecule has 2 atom stereocenters. The van der Waals surface area contributed by atoms with Crippen LogP contribution in [0.2, 0.25) is 0 Å².